The molecule has 1 heterocycles. The molecular formula is C21H17N3O5. The highest BCUT2D eigenvalue weighted by Gasteiger charge is 2.27. The van der Waals surface area contributed by atoms with Gasteiger partial charge in [0.1, 0.15) is 5.69 Å². The first kappa shape index (κ1) is 19.7. The average Bonchev–Trinajstić information content (AvgIpc) is 2.74. The maximum Gasteiger partial charge on any atom is 0.340 e. The minimum absolute atomic E-state index is 0.0176. The minimum Gasteiger partial charge on any atom is -0.444 e. The van der Waals surface area contributed by atoms with Crippen LogP contribution >= 0.6 is 0 Å². The van der Waals surface area contributed by atoms with Crippen LogP contribution < -0.4 is 5.32 Å². The summed E-state index contributed by atoms with van der Waals surface area (Å²) in [5.41, 5.74) is 1.06. The summed E-state index contributed by atoms with van der Waals surface area (Å²) in [6.07, 6.45) is 1.53. The summed E-state index contributed by atoms with van der Waals surface area (Å²) in [5.74, 6) is -1.44. The molecule has 0 aliphatic heterocycles. The second kappa shape index (κ2) is 8.75. The van der Waals surface area contributed by atoms with Crippen LogP contribution in [0.25, 0.3) is 0 Å². The normalized spacial score (nSPS) is 11.3. The first-order valence-electron chi connectivity index (χ1n) is 8.67. The highest BCUT2D eigenvalue weighted by atomic mass is 16.6. The van der Waals surface area contributed by atoms with Gasteiger partial charge in [-0.25, -0.2) is 4.79 Å². The van der Waals surface area contributed by atoms with Crippen molar-refractivity contribution in [3.63, 3.8) is 0 Å². The van der Waals surface area contributed by atoms with Gasteiger partial charge < -0.3 is 10.1 Å². The fraction of sp³-hybridized carbons (Fsp3) is 0.0952. The number of nitrogens with zero attached hydrogens (tertiary/aromatic N) is 2. The molecule has 0 saturated heterocycles. The van der Waals surface area contributed by atoms with Crippen LogP contribution in [0.4, 0.5) is 11.4 Å². The van der Waals surface area contributed by atoms with Crippen molar-refractivity contribution in [2.75, 3.05) is 5.32 Å². The number of nitro benzene ring substituents is 1. The van der Waals surface area contributed by atoms with Gasteiger partial charge in [-0.3, -0.25) is 19.9 Å². The van der Waals surface area contributed by atoms with E-state index in [1.54, 1.807) is 49.4 Å². The Bertz CT molecular complexity index is 1040. The Kier molecular flexibility index (Phi) is 5.94. The van der Waals surface area contributed by atoms with Crippen molar-refractivity contribution in [1.29, 1.82) is 0 Å². The third-order valence-corrected chi connectivity index (χ3v) is 4.07. The number of ether oxygens (including phenoxy) is 1. The standard InChI is InChI=1S/C21H17N3O5/c1-14-9-10-17(18(12-14)24(27)28)23-20(25)19(15-6-3-2-4-7-15)29-21(26)16-8-5-11-22-13-16/h2-13,19H,1H3,(H,23,25)/t19-/m0/s1. The molecule has 146 valence electrons. The number of hydrogen-bond acceptors (Lipinski definition) is 6. The van der Waals surface area contributed by atoms with Crippen LogP contribution in [-0.4, -0.2) is 21.8 Å². The summed E-state index contributed by atoms with van der Waals surface area (Å²) in [5, 5.41) is 13.8. The summed E-state index contributed by atoms with van der Waals surface area (Å²) in [7, 11) is 0. The number of benzene rings is 2. The van der Waals surface area contributed by atoms with Crippen molar-refractivity contribution in [2.24, 2.45) is 0 Å². The number of pyridine rings is 1. The molecule has 0 unspecified atom stereocenters. The summed E-state index contributed by atoms with van der Waals surface area (Å²) < 4.78 is 5.42. The number of nitrogens with one attached hydrogen (secondary N) is 1. The van der Waals surface area contributed by atoms with E-state index >= 15 is 0 Å². The molecule has 0 fully saturated rings. The molecule has 2 aromatic carbocycles. The molecule has 1 aromatic heterocycles. The minimum atomic E-state index is -1.30. The molecule has 0 saturated carbocycles. The average molecular weight is 391 g/mol. The molecule has 0 spiro atoms. The van der Waals surface area contributed by atoms with Crippen LogP contribution in [-0.2, 0) is 9.53 Å². The zero-order valence-electron chi connectivity index (χ0n) is 15.4. The quantitative estimate of drug-likeness (QED) is 0.388. The van der Waals surface area contributed by atoms with E-state index in [0.29, 0.717) is 11.1 Å². The van der Waals surface area contributed by atoms with Crippen LogP contribution in [0.15, 0.2) is 73.1 Å². The molecule has 1 amide bonds. The number of aromatic nitrogens is 1. The van der Waals surface area contributed by atoms with Crippen molar-refractivity contribution in [1.82, 2.24) is 4.98 Å². The van der Waals surface area contributed by atoms with Gasteiger partial charge in [0.25, 0.3) is 11.6 Å². The Morgan fingerprint density at radius 1 is 1.10 bits per heavy atom. The van der Waals surface area contributed by atoms with E-state index in [-0.39, 0.29) is 16.9 Å². The number of amides is 1. The molecule has 8 nitrogen and oxygen atoms in total. The van der Waals surface area contributed by atoms with Gasteiger partial charge in [-0.1, -0.05) is 36.4 Å². The first-order chi connectivity index (χ1) is 14.0. The number of esters is 1. The summed E-state index contributed by atoms with van der Waals surface area (Å²) in [4.78, 5) is 40.0. The van der Waals surface area contributed by atoms with Crippen molar-refractivity contribution in [3.8, 4) is 0 Å². The van der Waals surface area contributed by atoms with Crippen LogP contribution in [0.2, 0.25) is 0 Å². The number of rotatable bonds is 6. The fourth-order valence-corrected chi connectivity index (χ4v) is 2.66. The molecule has 3 aromatic rings. The van der Waals surface area contributed by atoms with Crippen LogP contribution in [0, 0.1) is 17.0 Å². The van der Waals surface area contributed by atoms with Crippen molar-refractivity contribution < 1.29 is 19.2 Å². The Hall–Kier alpha value is -4.07. The van der Waals surface area contributed by atoms with Gasteiger partial charge in [-0.05, 0) is 30.7 Å². The van der Waals surface area contributed by atoms with Gasteiger partial charge in [0.05, 0.1) is 10.5 Å². The second-order valence-electron chi connectivity index (χ2n) is 6.20. The number of carbonyl (C=O) groups excluding carboxylic acids is 2. The molecule has 3 rings (SSSR count). The Labute approximate surface area is 166 Å². The van der Waals surface area contributed by atoms with E-state index in [1.165, 1.54) is 30.6 Å². The number of hydrogen-bond donors (Lipinski definition) is 1. The topological polar surface area (TPSA) is 111 Å². The molecule has 0 bridgehead atoms. The second-order valence-corrected chi connectivity index (χ2v) is 6.20. The number of nitro groups is 1. The highest BCUT2D eigenvalue weighted by Crippen LogP contribution is 2.28. The Morgan fingerprint density at radius 2 is 1.86 bits per heavy atom. The van der Waals surface area contributed by atoms with Crippen molar-refractivity contribution >= 4 is 23.3 Å². The maximum atomic E-state index is 12.9. The first-order valence-corrected chi connectivity index (χ1v) is 8.67. The van der Waals surface area contributed by atoms with Gasteiger partial charge in [-0.15, -0.1) is 0 Å². The van der Waals surface area contributed by atoms with Crippen molar-refractivity contribution in [3.05, 3.63) is 99.9 Å². The molecule has 1 N–H and O–H groups in total. The molecular weight excluding hydrogens is 374 g/mol. The van der Waals surface area contributed by atoms with Gasteiger partial charge in [0, 0.05) is 24.0 Å². The monoisotopic (exact) mass is 391 g/mol. The summed E-state index contributed by atoms with van der Waals surface area (Å²) in [6.45, 7) is 1.71. The third kappa shape index (κ3) is 4.81. The lowest BCUT2D eigenvalue weighted by Crippen LogP contribution is -2.26. The molecule has 0 radical (unpaired) electrons. The predicted octanol–water partition coefficient (Wildman–Crippen LogP) is 3.84. The van der Waals surface area contributed by atoms with E-state index in [0.717, 1.165) is 0 Å². The van der Waals surface area contributed by atoms with Gasteiger partial charge in [0.15, 0.2) is 0 Å². The molecule has 29 heavy (non-hydrogen) atoms. The number of anilines is 1. The van der Waals surface area contributed by atoms with Crippen molar-refractivity contribution in [2.45, 2.75) is 13.0 Å². The van der Waals surface area contributed by atoms with Gasteiger partial charge >= 0.3 is 5.97 Å². The number of carbonyl (C=O) groups is 2. The maximum absolute atomic E-state index is 12.9. The highest BCUT2D eigenvalue weighted by molar-refractivity contribution is 5.99. The lowest BCUT2D eigenvalue weighted by Gasteiger charge is -2.18. The zero-order chi connectivity index (χ0) is 20.8. The lowest BCUT2D eigenvalue weighted by atomic mass is 10.1. The SMILES string of the molecule is Cc1ccc(NC(=O)[C@@H](OC(=O)c2cccnc2)c2ccccc2)c([N+](=O)[O-])c1. The summed E-state index contributed by atoms with van der Waals surface area (Å²) >= 11 is 0. The molecule has 1 atom stereocenters. The van der Waals surface area contributed by atoms with Crippen LogP contribution in [0.3, 0.4) is 0 Å². The lowest BCUT2D eigenvalue weighted by molar-refractivity contribution is -0.384. The van der Waals surface area contributed by atoms with Crippen LogP contribution in [0.1, 0.15) is 27.6 Å². The molecule has 0 aliphatic rings. The van der Waals surface area contributed by atoms with E-state index in [1.807, 2.05) is 0 Å². The fourth-order valence-electron chi connectivity index (χ4n) is 2.66. The van der Waals surface area contributed by atoms with Gasteiger partial charge in [-0.2, -0.15) is 0 Å². The number of aryl methyl sites for hydroxylation is 1. The Morgan fingerprint density at radius 3 is 2.52 bits per heavy atom. The predicted molar refractivity (Wildman–Crippen MR) is 105 cm³/mol. The molecule has 0 aliphatic carbocycles. The van der Waals surface area contributed by atoms with E-state index < -0.39 is 22.9 Å². The Balaban J connectivity index is 1.90. The zero-order valence-corrected chi connectivity index (χ0v) is 15.4. The third-order valence-electron chi connectivity index (χ3n) is 4.07. The smallest absolute Gasteiger partial charge is 0.340 e. The van der Waals surface area contributed by atoms with Crippen LogP contribution in [0.5, 0.6) is 0 Å². The van der Waals surface area contributed by atoms with E-state index in [9.17, 15) is 19.7 Å². The largest absolute Gasteiger partial charge is 0.444 e. The summed E-state index contributed by atoms with van der Waals surface area (Å²) in [6, 6.07) is 15.9. The van der Waals surface area contributed by atoms with E-state index in [2.05, 4.69) is 10.3 Å². The van der Waals surface area contributed by atoms with Gasteiger partial charge in [0.2, 0.25) is 6.10 Å². The van der Waals surface area contributed by atoms with E-state index in [4.69, 9.17) is 4.74 Å². The molecule has 8 heteroatoms.